The van der Waals surface area contributed by atoms with E-state index in [4.69, 9.17) is 15.7 Å². The van der Waals surface area contributed by atoms with Crippen molar-refractivity contribution in [1.29, 1.82) is 0 Å². The number of ether oxygens (including phenoxy) is 1. The highest BCUT2D eigenvalue weighted by Gasteiger charge is 2.11. The minimum Gasteiger partial charge on any atom is -0.488 e. The number of nitrogens with zero attached hydrogens (tertiary/aromatic N) is 1. The summed E-state index contributed by atoms with van der Waals surface area (Å²) in [6, 6.07) is 9.97. The number of hydrogen-bond acceptors (Lipinski definition) is 3. The number of oxime groups is 1. The van der Waals surface area contributed by atoms with Crippen molar-refractivity contribution >= 4 is 5.84 Å². The van der Waals surface area contributed by atoms with E-state index in [2.05, 4.69) is 5.16 Å². The Labute approximate surface area is 122 Å². The third-order valence-electron chi connectivity index (χ3n) is 3.24. The van der Waals surface area contributed by atoms with Crippen molar-refractivity contribution in [3.63, 3.8) is 0 Å². The summed E-state index contributed by atoms with van der Waals surface area (Å²) >= 11 is 0. The molecule has 110 valence electrons. The Kier molecular flexibility index (Phi) is 4.42. The fraction of sp³-hybridized carbons (Fsp3) is 0.188. The van der Waals surface area contributed by atoms with Crippen molar-refractivity contribution in [3.8, 4) is 5.75 Å². The number of para-hydroxylation sites is 1. The highest BCUT2D eigenvalue weighted by atomic mass is 19.1. The van der Waals surface area contributed by atoms with E-state index in [1.165, 1.54) is 12.1 Å². The molecule has 21 heavy (non-hydrogen) atoms. The predicted octanol–water partition coefficient (Wildman–Crippen LogP) is 3.12. The van der Waals surface area contributed by atoms with Gasteiger partial charge in [0.15, 0.2) is 5.84 Å². The van der Waals surface area contributed by atoms with Crippen molar-refractivity contribution < 1.29 is 14.3 Å². The summed E-state index contributed by atoms with van der Waals surface area (Å²) in [5.74, 6) is 0.189. The zero-order valence-corrected chi connectivity index (χ0v) is 11.9. The zero-order valence-electron chi connectivity index (χ0n) is 11.9. The molecule has 0 aliphatic heterocycles. The molecule has 0 radical (unpaired) electrons. The maximum atomic E-state index is 13.3. The lowest BCUT2D eigenvalue weighted by Crippen LogP contribution is -2.17. The lowest BCUT2D eigenvalue weighted by atomic mass is 10.1. The van der Waals surface area contributed by atoms with E-state index in [1.54, 1.807) is 6.07 Å². The van der Waals surface area contributed by atoms with Crippen LogP contribution in [0.1, 0.15) is 22.3 Å². The summed E-state index contributed by atoms with van der Waals surface area (Å²) in [5.41, 5.74) is 8.57. The largest absolute Gasteiger partial charge is 0.488 e. The van der Waals surface area contributed by atoms with Crippen LogP contribution in [0.25, 0.3) is 0 Å². The highest BCUT2D eigenvalue weighted by molar-refractivity contribution is 5.98. The number of aryl methyl sites for hydroxylation is 2. The van der Waals surface area contributed by atoms with Crippen LogP contribution in [0.3, 0.4) is 0 Å². The van der Waals surface area contributed by atoms with Crippen LogP contribution in [0.15, 0.2) is 41.6 Å². The second-order valence-electron chi connectivity index (χ2n) is 4.80. The Hall–Kier alpha value is -2.56. The molecule has 5 heteroatoms. The Morgan fingerprint density at radius 1 is 1.24 bits per heavy atom. The molecule has 0 saturated heterocycles. The average molecular weight is 288 g/mol. The van der Waals surface area contributed by atoms with Gasteiger partial charge in [-0.2, -0.15) is 0 Å². The van der Waals surface area contributed by atoms with E-state index in [0.717, 1.165) is 16.9 Å². The van der Waals surface area contributed by atoms with Crippen molar-refractivity contribution in [2.24, 2.45) is 10.9 Å². The highest BCUT2D eigenvalue weighted by Crippen LogP contribution is 2.24. The summed E-state index contributed by atoms with van der Waals surface area (Å²) in [6.45, 7) is 4.12. The molecule has 0 saturated carbocycles. The fourth-order valence-electron chi connectivity index (χ4n) is 2.14. The molecule has 0 amide bonds. The van der Waals surface area contributed by atoms with E-state index in [-0.39, 0.29) is 12.4 Å². The van der Waals surface area contributed by atoms with Crippen LogP contribution >= 0.6 is 0 Å². The maximum absolute atomic E-state index is 13.3. The average Bonchev–Trinajstić information content (AvgIpc) is 2.47. The second-order valence-corrected chi connectivity index (χ2v) is 4.80. The Balaban J connectivity index is 2.28. The molecule has 0 aliphatic carbocycles. The molecule has 0 atom stereocenters. The van der Waals surface area contributed by atoms with E-state index in [0.29, 0.717) is 11.1 Å². The van der Waals surface area contributed by atoms with Crippen molar-refractivity contribution in [1.82, 2.24) is 0 Å². The first kappa shape index (κ1) is 14.8. The number of hydrogen-bond donors (Lipinski definition) is 2. The molecule has 3 N–H and O–H groups in total. The summed E-state index contributed by atoms with van der Waals surface area (Å²) in [5, 5.41) is 11.7. The molecular formula is C16H17FN2O2. The van der Waals surface area contributed by atoms with Gasteiger partial charge in [0.2, 0.25) is 0 Å². The van der Waals surface area contributed by atoms with Crippen LogP contribution in [0.2, 0.25) is 0 Å². The van der Waals surface area contributed by atoms with Gasteiger partial charge in [-0.3, -0.25) is 0 Å². The molecule has 0 heterocycles. The van der Waals surface area contributed by atoms with Crippen LogP contribution in [0.4, 0.5) is 4.39 Å². The normalized spacial score (nSPS) is 11.5. The third-order valence-corrected chi connectivity index (χ3v) is 3.24. The van der Waals surface area contributed by atoms with Gasteiger partial charge in [-0.25, -0.2) is 4.39 Å². The smallest absolute Gasteiger partial charge is 0.170 e. The standard InChI is InChI=1S/C16H17FN2O2/c1-10-4-3-5-11(2)15(10)21-9-12-6-7-13(17)8-14(12)16(18)19-20/h3-8,20H,9H2,1-2H3,(H2,18,19). The second kappa shape index (κ2) is 6.26. The monoisotopic (exact) mass is 288 g/mol. The number of benzene rings is 2. The molecule has 2 aromatic carbocycles. The van der Waals surface area contributed by atoms with Crippen LogP contribution in [-0.2, 0) is 6.61 Å². The van der Waals surface area contributed by atoms with Gasteiger partial charge in [0.05, 0.1) is 0 Å². The van der Waals surface area contributed by atoms with Crippen LogP contribution in [-0.4, -0.2) is 11.0 Å². The molecular weight excluding hydrogens is 271 g/mol. The lowest BCUT2D eigenvalue weighted by Gasteiger charge is -2.14. The van der Waals surface area contributed by atoms with E-state index in [9.17, 15) is 4.39 Å². The molecule has 0 aromatic heterocycles. The van der Waals surface area contributed by atoms with E-state index in [1.807, 2.05) is 32.0 Å². The summed E-state index contributed by atoms with van der Waals surface area (Å²) in [4.78, 5) is 0. The quantitative estimate of drug-likeness (QED) is 0.393. The van der Waals surface area contributed by atoms with Crippen molar-refractivity contribution in [2.45, 2.75) is 20.5 Å². The van der Waals surface area contributed by atoms with Gasteiger partial charge < -0.3 is 15.7 Å². The van der Waals surface area contributed by atoms with Crippen LogP contribution in [0, 0.1) is 19.7 Å². The van der Waals surface area contributed by atoms with Crippen molar-refractivity contribution in [2.75, 3.05) is 0 Å². The van der Waals surface area contributed by atoms with Gasteiger partial charge in [0, 0.05) is 11.1 Å². The van der Waals surface area contributed by atoms with Gasteiger partial charge in [0.1, 0.15) is 18.2 Å². The Bertz CT molecular complexity index is 664. The van der Waals surface area contributed by atoms with Crippen LogP contribution < -0.4 is 10.5 Å². The van der Waals surface area contributed by atoms with Crippen LogP contribution in [0.5, 0.6) is 5.75 Å². The SMILES string of the molecule is Cc1cccc(C)c1OCc1ccc(F)cc1C(N)=NO. The maximum Gasteiger partial charge on any atom is 0.170 e. The number of nitrogens with two attached hydrogens (primary N) is 1. The molecule has 0 unspecified atom stereocenters. The molecule has 0 aliphatic rings. The van der Waals surface area contributed by atoms with E-state index >= 15 is 0 Å². The molecule has 0 bridgehead atoms. The zero-order chi connectivity index (χ0) is 15.4. The fourth-order valence-corrected chi connectivity index (χ4v) is 2.14. The number of rotatable bonds is 4. The third kappa shape index (κ3) is 3.31. The molecule has 0 fully saturated rings. The Morgan fingerprint density at radius 3 is 2.52 bits per heavy atom. The molecule has 0 spiro atoms. The predicted molar refractivity (Wildman–Crippen MR) is 79.2 cm³/mol. The Morgan fingerprint density at radius 2 is 1.90 bits per heavy atom. The van der Waals surface area contributed by atoms with Gasteiger partial charge in [-0.05, 0) is 37.1 Å². The van der Waals surface area contributed by atoms with Gasteiger partial charge >= 0.3 is 0 Å². The minimum atomic E-state index is -0.451. The molecule has 2 aromatic rings. The van der Waals surface area contributed by atoms with Gasteiger partial charge in [-0.1, -0.05) is 29.4 Å². The minimum absolute atomic E-state index is 0.144. The summed E-state index contributed by atoms with van der Waals surface area (Å²) < 4.78 is 19.1. The topological polar surface area (TPSA) is 67.8 Å². The molecule has 4 nitrogen and oxygen atoms in total. The lowest BCUT2D eigenvalue weighted by molar-refractivity contribution is 0.301. The van der Waals surface area contributed by atoms with Crippen molar-refractivity contribution in [3.05, 3.63) is 64.5 Å². The van der Waals surface area contributed by atoms with Gasteiger partial charge in [0.25, 0.3) is 0 Å². The first-order chi connectivity index (χ1) is 10.0. The summed E-state index contributed by atoms with van der Waals surface area (Å²) in [7, 11) is 0. The number of halogens is 1. The van der Waals surface area contributed by atoms with E-state index < -0.39 is 5.82 Å². The number of amidine groups is 1. The first-order valence-electron chi connectivity index (χ1n) is 6.48. The van der Waals surface area contributed by atoms with Gasteiger partial charge in [-0.15, -0.1) is 0 Å². The summed E-state index contributed by atoms with van der Waals surface area (Å²) in [6.07, 6.45) is 0. The first-order valence-corrected chi connectivity index (χ1v) is 6.48. The molecule has 2 rings (SSSR count).